The Morgan fingerprint density at radius 3 is 2.46 bits per heavy atom. The Labute approximate surface area is 78.8 Å². The average molecular weight is 199 g/mol. The van der Waals surface area contributed by atoms with Gasteiger partial charge in [-0.1, -0.05) is 25.1 Å². The molecule has 0 radical (unpaired) electrons. The van der Waals surface area contributed by atoms with Crippen molar-refractivity contribution in [1.29, 1.82) is 0 Å². The summed E-state index contributed by atoms with van der Waals surface area (Å²) in [4.78, 5) is 0.375. The molecule has 0 spiro atoms. The molecule has 72 valence electrons. The van der Waals surface area contributed by atoms with Gasteiger partial charge in [0.2, 0.25) is 10.0 Å². The zero-order valence-corrected chi connectivity index (χ0v) is 8.56. The fourth-order valence-corrected chi connectivity index (χ4v) is 2.20. The van der Waals surface area contributed by atoms with Gasteiger partial charge in [-0.3, -0.25) is 0 Å². The van der Waals surface area contributed by atoms with Crippen molar-refractivity contribution in [1.82, 2.24) is 4.72 Å². The topological polar surface area (TPSA) is 46.2 Å². The first-order valence-corrected chi connectivity index (χ1v) is 5.61. The number of rotatable bonds is 3. The molecular formula is C9H13NO2S. The molecule has 1 N–H and O–H groups in total. The Bertz CT molecular complexity index is 384. The summed E-state index contributed by atoms with van der Waals surface area (Å²) in [6, 6.07) is 7.01. The van der Waals surface area contributed by atoms with E-state index >= 15 is 0 Å². The van der Waals surface area contributed by atoms with E-state index < -0.39 is 10.0 Å². The van der Waals surface area contributed by atoms with Gasteiger partial charge in [0.1, 0.15) is 0 Å². The van der Waals surface area contributed by atoms with Crippen LogP contribution in [0.4, 0.5) is 0 Å². The predicted octanol–water partition coefficient (Wildman–Crippen LogP) is 1.16. The third kappa shape index (κ3) is 2.08. The predicted molar refractivity (Wildman–Crippen MR) is 52.1 cm³/mol. The lowest BCUT2D eigenvalue weighted by Crippen LogP contribution is -2.19. The van der Waals surface area contributed by atoms with Gasteiger partial charge in [-0.25, -0.2) is 13.1 Å². The Balaban J connectivity index is 3.29. The summed E-state index contributed by atoms with van der Waals surface area (Å²) < 4.78 is 25.2. The van der Waals surface area contributed by atoms with Crippen LogP contribution in [0.3, 0.4) is 0 Å². The van der Waals surface area contributed by atoms with E-state index in [4.69, 9.17) is 0 Å². The Hall–Kier alpha value is -0.870. The highest BCUT2D eigenvalue weighted by molar-refractivity contribution is 7.89. The number of sulfonamides is 1. The Morgan fingerprint density at radius 1 is 1.31 bits per heavy atom. The maximum atomic E-state index is 11.5. The van der Waals surface area contributed by atoms with E-state index in [2.05, 4.69) is 4.72 Å². The normalized spacial score (nSPS) is 11.5. The zero-order chi connectivity index (χ0) is 9.90. The molecule has 0 unspecified atom stereocenters. The number of aryl methyl sites for hydroxylation is 1. The molecule has 0 amide bonds. The smallest absolute Gasteiger partial charge is 0.214 e. The van der Waals surface area contributed by atoms with Gasteiger partial charge >= 0.3 is 0 Å². The number of hydrogen-bond donors (Lipinski definition) is 1. The van der Waals surface area contributed by atoms with Crippen LogP contribution in [0.15, 0.2) is 29.2 Å². The Morgan fingerprint density at radius 2 is 1.92 bits per heavy atom. The van der Waals surface area contributed by atoms with Crippen LogP contribution in [0.2, 0.25) is 0 Å². The molecule has 3 nitrogen and oxygen atoms in total. The van der Waals surface area contributed by atoms with Gasteiger partial charge in [0.25, 0.3) is 0 Å². The van der Waals surface area contributed by atoms with Crippen molar-refractivity contribution >= 4 is 10.0 Å². The van der Waals surface area contributed by atoms with Crippen molar-refractivity contribution in [3.8, 4) is 0 Å². The van der Waals surface area contributed by atoms with Gasteiger partial charge in [0.05, 0.1) is 4.90 Å². The van der Waals surface area contributed by atoms with Crippen LogP contribution in [0, 0.1) is 0 Å². The van der Waals surface area contributed by atoms with Gasteiger partial charge < -0.3 is 0 Å². The third-order valence-corrected chi connectivity index (χ3v) is 3.43. The van der Waals surface area contributed by atoms with E-state index in [0.717, 1.165) is 12.0 Å². The highest BCUT2D eigenvalue weighted by atomic mass is 32.2. The highest BCUT2D eigenvalue weighted by Crippen LogP contribution is 2.14. The molecule has 1 rings (SSSR count). The monoisotopic (exact) mass is 199 g/mol. The second-order valence-electron chi connectivity index (χ2n) is 2.67. The average Bonchev–Trinajstić information content (AvgIpc) is 2.18. The number of nitrogens with one attached hydrogen (secondary N) is 1. The maximum absolute atomic E-state index is 11.5. The van der Waals surface area contributed by atoms with Crippen molar-refractivity contribution in [2.75, 3.05) is 7.05 Å². The molecule has 1 aromatic carbocycles. The van der Waals surface area contributed by atoms with Crippen LogP contribution in [0.25, 0.3) is 0 Å². The molecule has 0 heterocycles. The van der Waals surface area contributed by atoms with Crippen LogP contribution in [0.5, 0.6) is 0 Å². The van der Waals surface area contributed by atoms with Gasteiger partial charge in [-0.2, -0.15) is 0 Å². The summed E-state index contributed by atoms with van der Waals surface area (Å²) in [5, 5.41) is 0. The van der Waals surface area contributed by atoms with Gasteiger partial charge in [0.15, 0.2) is 0 Å². The summed E-state index contributed by atoms with van der Waals surface area (Å²) in [6.45, 7) is 1.93. The van der Waals surface area contributed by atoms with Crippen LogP contribution in [-0.2, 0) is 16.4 Å². The quantitative estimate of drug-likeness (QED) is 0.794. The molecule has 13 heavy (non-hydrogen) atoms. The Kier molecular flexibility index (Phi) is 3.06. The van der Waals surface area contributed by atoms with Crippen molar-refractivity contribution in [3.05, 3.63) is 29.8 Å². The lowest BCUT2D eigenvalue weighted by molar-refractivity contribution is 0.587. The summed E-state index contributed by atoms with van der Waals surface area (Å²) in [5.74, 6) is 0. The molecule has 0 fully saturated rings. The fraction of sp³-hybridized carbons (Fsp3) is 0.333. The van der Waals surface area contributed by atoms with E-state index in [0.29, 0.717) is 4.90 Å². The van der Waals surface area contributed by atoms with Crippen LogP contribution < -0.4 is 4.72 Å². The maximum Gasteiger partial charge on any atom is 0.240 e. The van der Waals surface area contributed by atoms with Crippen molar-refractivity contribution in [2.24, 2.45) is 0 Å². The minimum atomic E-state index is -3.29. The summed E-state index contributed by atoms with van der Waals surface area (Å²) in [7, 11) is -1.87. The molecule has 0 aliphatic rings. The lowest BCUT2D eigenvalue weighted by Gasteiger charge is -2.06. The molecular weight excluding hydrogens is 186 g/mol. The van der Waals surface area contributed by atoms with E-state index in [1.165, 1.54) is 7.05 Å². The molecule has 0 aliphatic carbocycles. The minimum absolute atomic E-state index is 0.375. The second-order valence-corrected chi connectivity index (χ2v) is 4.52. The van der Waals surface area contributed by atoms with E-state index in [1.807, 2.05) is 19.1 Å². The SMILES string of the molecule is CCc1ccccc1S(=O)(=O)NC. The second kappa shape index (κ2) is 3.89. The zero-order valence-electron chi connectivity index (χ0n) is 7.74. The van der Waals surface area contributed by atoms with E-state index in [9.17, 15) is 8.42 Å². The molecule has 0 aromatic heterocycles. The molecule has 0 bridgehead atoms. The van der Waals surface area contributed by atoms with Gasteiger partial charge in [0, 0.05) is 0 Å². The summed E-state index contributed by atoms with van der Waals surface area (Å²) in [6.07, 6.45) is 0.719. The first-order valence-electron chi connectivity index (χ1n) is 4.13. The third-order valence-electron chi connectivity index (χ3n) is 1.91. The first kappa shape index (κ1) is 10.2. The van der Waals surface area contributed by atoms with Crippen LogP contribution in [0.1, 0.15) is 12.5 Å². The van der Waals surface area contributed by atoms with Crippen molar-refractivity contribution in [2.45, 2.75) is 18.2 Å². The van der Waals surface area contributed by atoms with E-state index in [1.54, 1.807) is 12.1 Å². The first-order chi connectivity index (χ1) is 6.11. The van der Waals surface area contributed by atoms with Gasteiger partial charge in [-0.05, 0) is 25.1 Å². The largest absolute Gasteiger partial charge is 0.240 e. The summed E-state index contributed by atoms with van der Waals surface area (Å²) >= 11 is 0. The summed E-state index contributed by atoms with van der Waals surface area (Å²) in [5.41, 5.74) is 0.844. The molecule has 0 aliphatic heterocycles. The van der Waals surface area contributed by atoms with Crippen molar-refractivity contribution in [3.63, 3.8) is 0 Å². The minimum Gasteiger partial charge on any atom is -0.214 e. The van der Waals surface area contributed by atoms with Crippen LogP contribution in [-0.4, -0.2) is 15.5 Å². The molecule has 1 aromatic rings. The lowest BCUT2D eigenvalue weighted by atomic mass is 10.2. The highest BCUT2D eigenvalue weighted by Gasteiger charge is 2.13. The van der Waals surface area contributed by atoms with E-state index in [-0.39, 0.29) is 0 Å². The van der Waals surface area contributed by atoms with Crippen LogP contribution >= 0.6 is 0 Å². The fourth-order valence-electron chi connectivity index (χ4n) is 1.17. The van der Waals surface area contributed by atoms with Gasteiger partial charge in [-0.15, -0.1) is 0 Å². The standard InChI is InChI=1S/C9H13NO2S/c1-3-8-6-4-5-7-9(8)13(11,12)10-2/h4-7,10H,3H2,1-2H3. The molecule has 0 atom stereocenters. The molecule has 0 saturated carbocycles. The number of hydrogen-bond acceptors (Lipinski definition) is 2. The molecule has 4 heteroatoms. The van der Waals surface area contributed by atoms with Crippen molar-refractivity contribution < 1.29 is 8.42 Å². The molecule has 0 saturated heterocycles. The number of benzene rings is 1.